The third kappa shape index (κ3) is 2.90. The zero-order valence-corrected chi connectivity index (χ0v) is 13.8. The van der Waals surface area contributed by atoms with Crippen LogP contribution in [-0.2, 0) is 19.8 Å². The van der Waals surface area contributed by atoms with Crippen LogP contribution in [0.3, 0.4) is 0 Å². The Labute approximate surface area is 140 Å². The maximum Gasteiger partial charge on any atom is 0.330 e. The number of hydrogen-bond donors (Lipinski definition) is 0. The molecular weight excluding hydrogens is 333 g/mol. The van der Waals surface area contributed by atoms with Crippen molar-refractivity contribution in [3.8, 4) is 5.69 Å². The molecule has 0 atom stereocenters. The van der Waals surface area contributed by atoms with Crippen LogP contribution >= 0.6 is 11.8 Å². The van der Waals surface area contributed by atoms with Crippen LogP contribution in [0.5, 0.6) is 0 Å². The molecule has 0 radical (unpaired) electrons. The highest BCUT2D eigenvalue weighted by Gasteiger charge is 2.12. The van der Waals surface area contributed by atoms with Gasteiger partial charge < -0.3 is 0 Å². The Bertz CT molecular complexity index is 1010. The van der Waals surface area contributed by atoms with Gasteiger partial charge in [0, 0.05) is 31.6 Å². The fourth-order valence-corrected chi connectivity index (χ4v) is 3.13. The van der Waals surface area contributed by atoms with E-state index in [9.17, 15) is 14.0 Å². The van der Waals surface area contributed by atoms with E-state index in [1.807, 2.05) is 0 Å². The monoisotopic (exact) mass is 347 g/mol. The van der Waals surface area contributed by atoms with Crippen LogP contribution in [0.1, 0.15) is 5.69 Å². The molecule has 0 aliphatic heterocycles. The Morgan fingerprint density at radius 1 is 1.17 bits per heavy atom. The van der Waals surface area contributed by atoms with E-state index in [4.69, 9.17) is 0 Å². The normalized spacial score (nSPS) is 11.0. The molecule has 0 saturated carbocycles. The molecule has 1 aromatic carbocycles. The van der Waals surface area contributed by atoms with Gasteiger partial charge in [0.2, 0.25) is 0 Å². The Kier molecular flexibility index (Phi) is 4.34. The molecule has 0 unspecified atom stereocenters. The maximum atomic E-state index is 13.9. The lowest BCUT2D eigenvalue weighted by Crippen LogP contribution is -2.37. The molecule has 2 heterocycles. The molecular formula is C15H14FN5O2S. The van der Waals surface area contributed by atoms with Crippen molar-refractivity contribution in [2.24, 2.45) is 14.1 Å². The second-order valence-electron chi connectivity index (χ2n) is 5.10. The first-order valence-electron chi connectivity index (χ1n) is 7.02. The topological polar surface area (TPSA) is 74.7 Å². The van der Waals surface area contributed by atoms with E-state index < -0.39 is 5.69 Å². The molecule has 24 heavy (non-hydrogen) atoms. The van der Waals surface area contributed by atoms with E-state index >= 15 is 0 Å². The zero-order valence-electron chi connectivity index (χ0n) is 13.0. The lowest BCUT2D eigenvalue weighted by atomic mass is 10.3. The minimum Gasteiger partial charge on any atom is -0.300 e. The van der Waals surface area contributed by atoms with E-state index in [1.165, 1.54) is 46.4 Å². The average Bonchev–Trinajstić information content (AvgIpc) is 3.04. The van der Waals surface area contributed by atoms with Gasteiger partial charge in [0.05, 0.1) is 5.69 Å². The number of nitrogens with zero attached hydrogens (tertiary/aromatic N) is 5. The van der Waals surface area contributed by atoms with E-state index in [2.05, 4.69) is 10.2 Å². The molecule has 0 aliphatic rings. The van der Waals surface area contributed by atoms with Gasteiger partial charge in [-0.1, -0.05) is 23.9 Å². The lowest BCUT2D eigenvalue weighted by Gasteiger charge is -2.10. The summed E-state index contributed by atoms with van der Waals surface area (Å²) in [5.41, 5.74) is 0.122. The molecule has 2 aromatic heterocycles. The van der Waals surface area contributed by atoms with Gasteiger partial charge in [-0.05, 0) is 12.1 Å². The minimum atomic E-state index is -0.395. The molecule has 3 rings (SSSR count). The van der Waals surface area contributed by atoms with Gasteiger partial charge in [0.15, 0.2) is 5.16 Å². The average molecular weight is 347 g/mol. The van der Waals surface area contributed by atoms with Crippen LogP contribution in [0.25, 0.3) is 5.69 Å². The summed E-state index contributed by atoms with van der Waals surface area (Å²) in [5.74, 6) is -0.0604. The summed E-state index contributed by atoms with van der Waals surface area (Å²) in [7, 11) is 3.02. The number of hydrogen-bond acceptors (Lipinski definition) is 5. The van der Waals surface area contributed by atoms with Crippen molar-refractivity contribution >= 4 is 11.8 Å². The number of para-hydroxylation sites is 1. The molecule has 0 saturated heterocycles. The Hall–Kier alpha value is -2.68. The van der Waals surface area contributed by atoms with Crippen LogP contribution in [-0.4, -0.2) is 23.9 Å². The van der Waals surface area contributed by atoms with Crippen molar-refractivity contribution < 1.29 is 4.39 Å². The second kappa shape index (κ2) is 6.44. The summed E-state index contributed by atoms with van der Waals surface area (Å²) in [5, 5.41) is 8.26. The first kappa shape index (κ1) is 16.2. The molecule has 7 nitrogen and oxygen atoms in total. The molecule has 9 heteroatoms. The van der Waals surface area contributed by atoms with E-state index in [-0.39, 0.29) is 11.4 Å². The van der Waals surface area contributed by atoms with Crippen molar-refractivity contribution in [3.05, 3.63) is 69.0 Å². The molecule has 124 valence electrons. The Morgan fingerprint density at radius 2 is 1.92 bits per heavy atom. The van der Waals surface area contributed by atoms with Gasteiger partial charge in [-0.3, -0.25) is 18.5 Å². The van der Waals surface area contributed by atoms with Crippen molar-refractivity contribution in [2.75, 3.05) is 0 Å². The molecule has 0 amide bonds. The van der Waals surface area contributed by atoms with Gasteiger partial charge >= 0.3 is 5.69 Å². The van der Waals surface area contributed by atoms with Crippen LogP contribution < -0.4 is 11.2 Å². The van der Waals surface area contributed by atoms with Gasteiger partial charge in [-0.15, -0.1) is 10.2 Å². The lowest BCUT2D eigenvalue weighted by molar-refractivity contribution is 0.613. The van der Waals surface area contributed by atoms with E-state index in [0.717, 1.165) is 4.57 Å². The first-order valence-corrected chi connectivity index (χ1v) is 8.01. The van der Waals surface area contributed by atoms with Crippen LogP contribution in [0.2, 0.25) is 0 Å². The van der Waals surface area contributed by atoms with Gasteiger partial charge in [-0.2, -0.15) is 0 Å². The number of halogens is 1. The highest BCUT2D eigenvalue weighted by Crippen LogP contribution is 2.23. The third-order valence-corrected chi connectivity index (χ3v) is 4.58. The summed E-state index contributed by atoms with van der Waals surface area (Å²) in [6, 6.07) is 7.70. The molecule has 0 spiro atoms. The van der Waals surface area contributed by atoms with Crippen LogP contribution in [0.4, 0.5) is 4.39 Å². The molecule has 0 bridgehead atoms. The van der Waals surface area contributed by atoms with Crippen molar-refractivity contribution in [1.82, 2.24) is 23.9 Å². The summed E-state index contributed by atoms with van der Waals surface area (Å²) in [6.45, 7) is 0. The van der Waals surface area contributed by atoms with E-state index in [1.54, 1.807) is 25.2 Å². The molecule has 3 aromatic rings. The van der Waals surface area contributed by atoms with Crippen LogP contribution in [0, 0.1) is 5.82 Å². The Balaban J connectivity index is 1.90. The highest BCUT2D eigenvalue weighted by atomic mass is 32.2. The summed E-state index contributed by atoms with van der Waals surface area (Å²) >= 11 is 1.26. The van der Waals surface area contributed by atoms with E-state index in [0.29, 0.717) is 22.3 Å². The van der Waals surface area contributed by atoms with Crippen molar-refractivity contribution in [3.63, 3.8) is 0 Å². The predicted octanol–water partition coefficient (Wildman–Crippen LogP) is 1.10. The van der Waals surface area contributed by atoms with Gasteiger partial charge in [0.25, 0.3) is 5.56 Å². The van der Waals surface area contributed by atoms with Crippen LogP contribution in [0.15, 0.2) is 51.4 Å². The summed E-state index contributed by atoms with van der Waals surface area (Å²) < 4.78 is 17.9. The summed E-state index contributed by atoms with van der Waals surface area (Å²) in [4.78, 5) is 23.7. The predicted molar refractivity (Wildman–Crippen MR) is 87.8 cm³/mol. The third-order valence-electron chi connectivity index (χ3n) is 3.60. The van der Waals surface area contributed by atoms with Crippen molar-refractivity contribution in [2.45, 2.75) is 10.9 Å². The second-order valence-corrected chi connectivity index (χ2v) is 6.04. The standard InChI is InChI=1S/C15H14FN5O2S/c1-19-10(7-13(22)20(2)15(19)23)8-24-14-18-17-9-21(14)12-6-4-3-5-11(12)16/h3-7,9H,8H2,1-2H3. The minimum absolute atomic E-state index is 0.328. The molecule has 0 fully saturated rings. The van der Waals surface area contributed by atoms with Gasteiger partial charge in [0.1, 0.15) is 12.1 Å². The number of thioether (sulfide) groups is 1. The smallest absolute Gasteiger partial charge is 0.300 e. The number of rotatable bonds is 4. The first-order chi connectivity index (χ1) is 11.5. The van der Waals surface area contributed by atoms with Gasteiger partial charge in [-0.25, -0.2) is 9.18 Å². The van der Waals surface area contributed by atoms with Crippen molar-refractivity contribution in [1.29, 1.82) is 0 Å². The number of aromatic nitrogens is 5. The number of benzene rings is 1. The molecule has 0 aliphatic carbocycles. The SMILES string of the molecule is Cn1c(CSc2nncn2-c2ccccc2F)cc(=O)n(C)c1=O. The fourth-order valence-electron chi connectivity index (χ4n) is 2.19. The zero-order chi connectivity index (χ0) is 17.3. The largest absolute Gasteiger partial charge is 0.330 e. The quantitative estimate of drug-likeness (QED) is 0.661. The summed E-state index contributed by atoms with van der Waals surface area (Å²) in [6.07, 6.45) is 1.42. The maximum absolute atomic E-state index is 13.9. The fraction of sp³-hybridized carbons (Fsp3) is 0.200. The molecule has 0 N–H and O–H groups in total. The highest BCUT2D eigenvalue weighted by molar-refractivity contribution is 7.98. The Morgan fingerprint density at radius 3 is 2.67 bits per heavy atom.